The molecule has 0 spiro atoms. The summed E-state index contributed by atoms with van der Waals surface area (Å²) in [6.45, 7) is 0.225. The number of H-pyrrole nitrogens is 1. The highest BCUT2D eigenvalue weighted by Gasteiger charge is 2.33. The summed E-state index contributed by atoms with van der Waals surface area (Å²) in [5.74, 6) is -5.96. The van der Waals surface area contributed by atoms with Crippen LogP contribution >= 0.6 is 0 Å². The first-order valence-electron chi connectivity index (χ1n) is 15.2. The molecule has 1 aromatic rings. The molecule has 21 nitrogen and oxygen atoms in total. The maximum absolute atomic E-state index is 13.6. The first-order chi connectivity index (χ1) is 22.7. The van der Waals surface area contributed by atoms with Crippen molar-refractivity contribution in [1.29, 1.82) is 5.41 Å². The number of nitrogens with two attached hydrogens (primary N) is 3. The van der Waals surface area contributed by atoms with Gasteiger partial charge in [0.05, 0.1) is 24.7 Å². The number of aliphatic hydroxyl groups is 2. The zero-order valence-electron chi connectivity index (χ0n) is 26.7. The van der Waals surface area contributed by atoms with Gasteiger partial charge < -0.3 is 69.4 Å². The van der Waals surface area contributed by atoms with E-state index in [1.165, 1.54) is 19.4 Å². The third-order valence-corrected chi connectivity index (χ3v) is 6.81. The van der Waals surface area contributed by atoms with E-state index < -0.39 is 85.0 Å². The van der Waals surface area contributed by atoms with Crippen LogP contribution in [-0.2, 0) is 35.2 Å². The molecule has 5 amide bonds. The number of hydrogen-bond acceptors (Lipinski definition) is 12. The lowest BCUT2D eigenvalue weighted by atomic mass is 10.0. The van der Waals surface area contributed by atoms with Crippen molar-refractivity contribution in [3.05, 3.63) is 18.2 Å². The number of aliphatic carboxylic acids is 1. The van der Waals surface area contributed by atoms with E-state index in [-0.39, 0.29) is 44.7 Å². The molecule has 0 fully saturated rings. The average Bonchev–Trinajstić information content (AvgIpc) is 3.55. The predicted octanol–water partition coefficient (Wildman–Crippen LogP) is -5.82. The number of nitrogens with zero attached hydrogens (tertiary/aromatic N) is 1. The number of guanidine groups is 1. The number of aromatic nitrogens is 2. The normalized spacial score (nSPS) is 14.6. The summed E-state index contributed by atoms with van der Waals surface area (Å²) in [7, 11) is 0. The van der Waals surface area contributed by atoms with Gasteiger partial charge in [0.15, 0.2) is 5.96 Å². The molecule has 48 heavy (non-hydrogen) atoms. The summed E-state index contributed by atoms with van der Waals surface area (Å²) in [5, 5.41) is 50.1. The number of aliphatic hydroxyl groups excluding tert-OH is 2. The Bertz CT molecular complexity index is 1210. The molecule has 0 aliphatic rings. The fraction of sp³-hybridized carbons (Fsp3) is 0.630. The molecule has 0 unspecified atom stereocenters. The number of unbranched alkanes of at least 4 members (excludes halogenated alkanes) is 1. The summed E-state index contributed by atoms with van der Waals surface area (Å²) < 4.78 is 0. The molecule has 1 rings (SSSR count). The molecule has 17 N–H and O–H groups in total. The minimum absolute atomic E-state index is 0.0298. The second kappa shape index (κ2) is 21.8. The Hall–Kier alpha value is -4.86. The van der Waals surface area contributed by atoms with Crippen molar-refractivity contribution in [2.45, 2.75) is 81.8 Å². The molecule has 0 aliphatic heterocycles. The van der Waals surface area contributed by atoms with Crippen LogP contribution in [0.2, 0.25) is 0 Å². The molecule has 0 saturated carbocycles. The van der Waals surface area contributed by atoms with Gasteiger partial charge in [0.25, 0.3) is 0 Å². The van der Waals surface area contributed by atoms with Gasteiger partial charge in [0, 0.05) is 19.2 Å². The van der Waals surface area contributed by atoms with Crippen LogP contribution in [0, 0.1) is 5.41 Å². The highest BCUT2D eigenvalue weighted by molar-refractivity contribution is 5.96. The van der Waals surface area contributed by atoms with Gasteiger partial charge in [-0.25, -0.2) is 4.98 Å². The summed E-state index contributed by atoms with van der Waals surface area (Å²) in [5.41, 5.74) is 16.8. The topological polar surface area (TPSA) is 366 Å². The van der Waals surface area contributed by atoms with Crippen LogP contribution in [0.4, 0.5) is 0 Å². The van der Waals surface area contributed by atoms with E-state index in [2.05, 4.69) is 41.9 Å². The number of carbonyl (C=O) groups is 6. The van der Waals surface area contributed by atoms with Crippen LogP contribution < -0.4 is 49.1 Å². The summed E-state index contributed by atoms with van der Waals surface area (Å²) >= 11 is 0. The standard InChI is InChI=1S/C27H48N12O9/c1-14(41)21(26(48)34-11-20(42)43)39-25(47)19(9-15-10-32-13-35-15)38-24(46)17(5-2-3-7-28)37-23(45)18(6-4-8-33-27(30)31)36-22(44)16(29)12-40/h10,13-14,16-19,21,40-41H,2-9,11-12,28-29H2,1H3,(H,32,35)(H,34,48)(H,36,44)(H,37,45)(H,38,46)(H,39,47)(H,42,43)(H4,30,31,33)/t14-,16+,17+,18+,19+,21+/m1/s1. The van der Waals surface area contributed by atoms with Gasteiger partial charge in [-0.15, -0.1) is 0 Å². The van der Waals surface area contributed by atoms with Crippen LogP contribution in [0.5, 0.6) is 0 Å². The van der Waals surface area contributed by atoms with Crippen molar-refractivity contribution in [1.82, 2.24) is 41.9 Å². The Labute approximate surface area is 276 Å². The van der Waals surface area contributed by atoms with Crippen molar-refractivity contribution in [2.75, 3.05) is 26.2 Å². The fourth-order valence-corrected chi connectivity index (χ4v) is 4.22. The number of carboxylic acid groups (broad SMARTS) is 1. The molecule has 0 radical (unpaired) electrons. The Morgan fingerprint density at radius 2 is 1.48 bits per heavy atom. The summed E-state index contributed by atoms with van der Waals surface area (Å²) in [6, 6.07) is -6.75. The zero-order chi connectivity index (χ0) is 36.2. The zero-order valence-corrected chi connectivity index (χ0v) is 26.7. The molecule has 0 saturated heterocycles. The number of hydrogen-bond donors (Lipinski definition) is 14. The summed E-state index contributed by atoms with van der Waals surface area (Å²) in [6.07, 6.45) is 2.39. The smallest absolute Gasteiger partial charge is 0.322 e. The minimum Gasteiger partial charge on any atom is -0.480 e. The van der Waals surface area contributed by atoms with Crippen LogP contribution in [-0.4, -0.2) is 129 Å². The molecule has 0 bridgehead atoms. The average molecular weight is 685 g/mol. The van der Waals surface area contributed by atoms with Gasteiger partial charge in [-0.3, -0.25) is 34.2 Å². The monoisotopic (exact) mass is 684 g/mol. The number of amides is 5. The van der Waals surface area contributed by atoms with E-state index in [0.29, 0.717) is 18.5 Å². The van der Waals surface area contributed by atoms with E-state index >= 15 is 0 Å². The molecular weight excluding hydrogens is 636 g/mol. The maximum Gasteiger partial charge on any atom is 0.322 e. The number of carboxylic acids is 1. The molecular formula is C27H48N12O9. The molecule has 0 aliphatic carbocycles. The lowest BCUT2D eigenvalue weighted by Crippen LogP contribution is -2.60. The van der Waals surface area contributed by atoms with Crippen molar-refractivity contribution in [2.24, 2.45) is 17.2 Å². The van der Waals surface area contributed by atoms with E-state index in [1.54, 1.807) is 0 Å². The first-order valence-corrected chi connectivity index (χ1v) is 15.2. The van der Waals surface area contributed by atoms with Crippen molar-refractivity contribution < 1.29 is 44.1 Å². The third kappa shape index (κ3) is 15.6. The van der Waals surface area contributed by atoms with Crippen molar-refractivity contribution in [3.8, 4) is 0 Å². The van der Waals surface area contributed by atoms with Gasteiger partial charge in [0.1, 0.15) is 36.8 Å². The largest absolute Gasteiger partial charge is 0.480 e. The third-order valence-electron chi connectivity index (χ3n) is 6.81. The first kappa shape index (κ1) is 41.2. The Balaban J connectivity index is 3.25. The van der Waals surface area contributed by atoms with E-state index in [4.69, 9.17) is 27.7 Å². The quantitative estimate of drug-likeness (QED) is 0.0290. The second-order valence-corrected chi connectivity index (χ2v) is 10.8. The number of imidazole rings is 1. The van der Waals surface area contributed by atoms with Crippen molar-refractivity contribution in [3.63, 3.8) is 0 Å². The van der Waals surface area contributed by atoms with E-state index in [1.807, 2.05) is 0 Å². The Kier molecular flexibility index (Phi) is 18.7. The molecule has 6 atom stereocenters. The lowest BCUT2D eigenvalue weighted by molar-refractivity contribution is -0.139. The number of carbonyl (C=O) groups excluding carboxylic acids is 5. The Morgan fingerprint density at radius 3 is 2.00 bits per heavy atom. The van der Waals surface area contributed by atoms with E-state index in [9.17, 15) is 39.0 Å². The SMILES string of the molecule is C[C@@H](O)[C@H](NC(=O)[C@H](Cc1c[nH]cn1)NC(=O)[C@H](CCCCN)NC(=O)[C@H](CCCNC(=N)N)NC(=O)[C@@H](N)CO)C(=O)NCC(=O)O. The number of nitrogens with one attached hydrogen (secondary N) is 8. The summed E-state index contributed by atoms with van der Waals surface area (Å²) in [4.78, 5) is 83.0. The molecule has 270 valence electrons. The fourth-order valence-electron chi connectivity index (χ4n) is 4.22. The maximum atomic E-state index is 13.6. The van der Waals surface area contributed by atoms with Crippen LogP contribution in [0.15, 0.2) is 12.5 Å². The molecule has 0 aromatic carbocycles. The molecule has 21 heteroatoms. The van der Waals surface area contributed by atoms with Crippen molar-refractivity contribution >= 4 is 41.5 Å². The molecule has 1 heterocycles. The van der Waals surface area contributed by atoms with Gasteiger partial charge in [-0.2, -0.15) is 0 Å². The number of rotatable bonds is 23. The van der Waals surface area contributed by atoms with Crippen LogP contribution in [0.3, 0.4) is 0 Å². The van der Waals surface area contributed by atoms with Gasteiger partial charge in [-0.05, 0) is 45.6 Å². The highest BCUT2D eigenvalue weighted by Crippen LogP contribution is 2.07. The van der Waals surface area contributed by atoms with Gasteiger partial charge >= 0.3 is 5.97 Å². The minimum atomic E-state index is -1.58. The van der Waals surface area contributed by atoms with Crippen LogP contribution in [0.1, 0.15) is 44.7 Å². The number of aromatic amines is 1. The Morgan fingerprint density at radius 1 is 0.896 bits per heavy atom. The lowest BCUT2D eigenvalue weighted by Gasteiger charge is -2.27. The van der Waals surface area contributed by atoms with Crippen LogP contribution in [0.25, 0.3) is 0 Å². The highest BCUT2D eigenvalue weighted by atomic mass is 16.4. The molecule has 1 aromatic heterocycles. The van der Waals surface area contributed by atoms with Gasteiger partial charge in [-0.1, -0.05) is 0 Å². The van der Waals surface area contributed by atoms with Gasteiger partial charge in [0.2, 0.25) is 29.5 Å². The predicted molar refractivity (Wildman–Crippen MR) is 169 cm³/mol. The second-order valence-electron chi connectivity index (χ2n) is 10.8. The van der Waals surface area contributed by atoms with E-state index in [0.717, 1.165) is 0 Å².